The molecule has 4 rings (SSSR count). The predicted octanol–water partition coefficient (Wildman–Crippen LogP) is 4.58. The van der Waals surface area contributed by atoms with Crippen LogP contribution in [0.2, 0.25) is 0 Å². The summed E-state index contributed by atoms with van der Waals surface area (Å²) in [6.07, 6.45) is 0.487. The maximum atomic E-state index is 13.5. The van der Waals surface area contributed by atoms with Crippen LogP contribution < -0.4 is 5.32 Å². The molecule has 0 saturated heterocycles. The van der Waals surface area contributed by atoms with E-state index in [4.69, 9.17) is 0 Å². The molecule has 1 aliphatic heterocycles. The van der Waals surface area contributed by atoms with Crippen LogP contribution in [-0.4, -0.2) is 22.3 Å². The molecule has 4 heteroatoms. The summed E-state index contributed by atoms with van der Waals surface area (Å²) in [5.74, 6) is -0.236. The molecule has 2 amide bonds. The molecule has 0 spiro atoms. The number of benzene rings is 3. The predicted molar refractivity (Wildman–Crippen MR) is 123 cm³/mol. The van der Waals surface area contributed by atoms with Crippen LogP contribution in [0.1, 0.15) is 45.1 Å². The van der Waals surface area contributed by atoms with Crippen molar-refractivity contribution in [3.05, 3.63) is 106 Å². The summed E-state index contributed by atoms with van der Waals surface area (Å²) < 4.78 is 0. The summed E-state index contributed by atoms with van der Waals surface area (Å²) in [5.41, 5.74) is 4.99. The second-order valence-corrected chi connectivity index (χ2v) is 8.66. The third kappa shape index (κ3) is 4.24. The zero-order valence-corrected chi connectivity index (χ0v) is 18.3. The molecule has 0 saturated carbocycles. The Bertz CT molecular complexity index is 1120. The molecule has 0 bridgehead atoms. The molecular formula is C27H28N2O2. The fraction of sp³-hybridized carbons (Fsp3) is 0.259. The molecule has 0 aromatic heterocycles. The Morgan fingerprint density at radius 1 is 0.935 bits per heavy atom. The van der Waals surface area contributed by atoms with E-state index in [0.29, 0.717) is 25.1 Å². The van der Waals surface area contributed by atoms with E-state index in [-0.39, 0.29) is 11.8 Å². The van der Waals surface area contributed by atoms with Crippen LogP contribution in [0.3, 0.4) is 0 Å². The molecule has 1 unspecified atom stereocenters. The van der Waals surface area contributed by atoms with Crippen molar-refractivity contribution < 1.29 is 9.59 Å². The average Bonchev–Trinajstić information content (AvgIpc) is 2.76. The van der Waals surface area contributed by atoms with Crippen molar-refractivity contribution in [2.24, 2.45) is 0 Å². The zero-order valence-electron chi connectivity index (χ0n) is 18.3. The van der Waals surface area contributed by atoms with E-state index in [0.717, 1.165) is 22.3 Å². The smallest absolute Gasteiger partial charge is 0.255 e. The van der Waals surface area contributed by atoms with Gasteiger partial charge in [0, 0.05) is 25.1 Å². The largest absolute Gasteiger partial charge is 0.350 e. The van der Waals surface area contributed by atoms with Crippen LogP contribution in [0.4, 0.5) is 0 Å². The molecule has 0 aliphatic carbocycles. The van der Waals surface area contributed by atoms with Gasteiger partial charge in [-0.1, -0.05) is 77.9 Å². The Kier molecular flexibility index (Phi) is 5.64. The summed E-state index contributed by atoms with van der Waals surface area (Å²) in [7, 11) is 0. The SMILES string of the molecule is Cc1ccc(CNC(=O)C2(C)Cc3ccccc3C(=O)N2Cc2cccc(C)c2)cc1. The Balaban J connectivity index is 1.64. The lowest BCUT2D eigenvalue weighted by Crippen LogP contribution is -2.62. The number of hydrogen-bond donors (Lipinski definition) is 1. The molecule has 1 heterocycles. The Labute approximate surface area is 183 Å². The molecular weight excluding hydrogens is 384 g/mol. The first-order chi connectivity index (χ1) is 14.9. The molecule has 31 heavy (non-hydrogen) atoms. The number of aryl methyl sites for hydroxylation is 2. The van der Waals surface area contributed by atoms with Gasteiger partial charge in [-0.05, 0) is 43.5 Å². The van der Waals surface area contributed by atoms with Crippen LogP contribution in [0.5, 0.6) is 0 Å². The van der Waals surface area contributed by atoms with Gasteiger partial charge in [0.15, 0.2) is 0 Å². The van der Waals surface area contributed by atoms with Gasteiger partial charge < -0.3 is 10.2 Å². The molecule has 1 atom stereocenters. The number of hydrogen-bond acceptors (Lipinski definition) is 2. The molecule has 4 nitrogen and oxygen atoms in total. The van der Waals surface area contributed by atoms with Gasteiger partial charge in [0.25, 0.3) is 5.91 Å². The maximum absolute atomic E-state index is 13.5. The van der Waals surface area contributed by atoms with Crippen LogP contribution >= 0.6 is 0 Å². The number of fused-ring (bicyclic) bond motifs is 1. The van der Waals surface area contributed by atoms with Crippen LogP contribution in [0.15, 0.2) is 72.8 Å². The van der Waals surface area contributed by atoms with Crippen LogP contribution in [0, 0.1) is 13.8 Å². The second-order valence-electron chi connectivity index (χ2n) is 8.66. The Morgan fingerprint density at radius 3 is 2.42 bits per heavy atom. The molecule has 0 radical (unpaired) electrons. The van der Waals surface area contributed by atoms with Gasteiger partial charge in [-0.15, -0.1) is 0 Å². The minimum Gasteiger partial charge on any atom is -0.350 e. The normalized spacial score (nSPS) is 17.9. The molecule has 3 aromatic rings. The van der Waals surface area contributed by atoms with E-state index in [1.165, 1.54) is 5.56 Å². The van der Waals surface area contributed by atoms with Gasteiger partial charge in [0.2, 0.25) is 5.91 Å². The molecule has 1 aliphatic rings. The fourth-order valence-electron chi connectivity index (χ4n) is 4.24. The number of nitrogens with zero attached hydrogens (tertiary/aromatic N) is 1. The number of carbonyl (C=O) groups is 2. The minimum atomic E-state index is -0.972. The summed E-state index contributed by atoms with van der Waals surface area (Å²) in [6, 6.07) is 23.8. The first kappa shape index (κ1) is 20.9. The van der Waals surface area contributed by atoms with Gasteiger partial charge in [0.05, 0.1) is 0 Å². The van der Waals surface area contributed by atoms with E-state index in [9.17, 15) is 9.59 Å². The molecule has 1 N–H and O–H groups in total. The topological polar surface area (TPSA) is 49.4 Å². The number of amides is 2. The summed E-state index contributed by atoms with van der Waals surface area (Å²) in [6.45, 7) is 6.77. The van der Waals surface area contributed by atoms with E-state index < -0.39 is 5.54 Å². The standard InChI is InChI=1S/C27H28N2O2/c1-19-11-13-21(14-12-19)17-28-26(31)27(3)16-23-9-4-5-10-24(23)25(30)29(27)18-22-8-6-7-20(2)15-22/h4-15H,16-18H2,1-3H3,(H,28,31). The first-order valence-corrected chi connectivity index (χ1v) is 10.7. The lowest BCUT2D eigenvalue weighted by Gasteiger charge is -2.44. The molecule has 3 aromatic carbocycles. The van der Waals surface area contributed by atoms with E-state index in [2.05, 4.69) is 11.4 Å². The summed E-state index contributed by atoms with van der Waals surface area (Å²) in [5, 5.41) is 3.07. The fourth-order valence-corrected chi connectivity index (χ4v) is 4.24. The van der Waals surface area contributed by atoms with Gasteiger partial charge in [-0.3, -0.25) is 9.59 Å². The first-order valence-electron chi connectivity index (χ1n) is 10.7. The van der Waals surface area contributed by atoms with Crippen molar-refractivity contribution >= 4 is 11.8 Å². The second kappa shape index (κ2) is 8.38. The maximum Gasteiger partial charge on any atom is 0.255 e. The highest BCUT2D eigenvalue weighted by molar-refractivity contribution is 6.02. The van der Waals surface area contributed by atoms with Crippen molar-refractivity contribution in [2.75, 3.05) is 0 Å². The van der Waals surface area contributed by atoms with E-state index >= 15 is 0 Å². The lowest BCUT2D eigenvalue weighted by molar-refractivity contribution is -0.132. The highest BCUT2D eigenvalue weighted by Crippen LogP contribution is 2.33. The van der Waals surface area contributed by atoms with Gasteiger partial charge in [-0.2, -0.15) is 0 Å². The monoisotopic (exact) mass is 412 g/mol. The Hall–Kier alpha value is -3.40. The minimum absolute atomic E-state index is 0.101. The van der Waals surface area contributed by atoms with Crippen molar-refractivity contribution in [3.8, 4) is 0 Å². The third-order valence-electron chi connectivity index (χ3n) is 6.11. The highest BCUT2D eigenvalue weighted by atomic mass is 16.2. The van der Waals surface area contributed by atoms with E-state index in [1.807, 2.05) is 87.5 Å². The average molecular weight is 413 g/mol. The lowest BCUT2D eigenvalue weighted by atomic mass is 9.82. The highest BCUT2D eigenvalue weighted by Gasteiger charge is 2.46. The van der Waals surface area contributed by atoms with Crippen molar-refractivity contribution in [2.45, 2.75) is 45.8 Å². The summed E-state index contributed by atoms with van der Waals surface area (Å²) >= 11 is 0. The van der Waals surface area contributed by atoms with E-state index in [1.54, 1.807) is 4.90 Å². The number of carbonyl (C=O) groups excluding carboxylic acids is 2. The van der Waals surface area contributed by atoms with Crippen LogP contribution in [0.25, 0.3) is 0 Å². The molecule has 0 fully saturated rings. The third-order valence-corrected chi connectivity index (χ3v) is 6.11. The Morgan fingerprint density at radius 2 is 1.68 bits per heavy atom. The zero-order chi connectivity index (χ0) is 22.0. The van der Waals surface area contributed by atoms with Gasteiger partial charge in [0.1, 0.15) is 5.54 Å². The molecule has 158 valence electrons. The quantitative estimate of drug-likeness (QED) is 0.667. The van der Waals surface area contributed by atoms with Crippen molar-refractivity contribution in [3.63, 3.8) is 0 Å². The van der Waals surface area contributed by atoms with Crippen LogP contribution in [-0.2, 0) is 24.3 Å². The number of nitrogens with one attached hydrogen (secondary N) is 1. The number of rotatable bonds is 5. The van der Waals surface area contributed by atoms with Crippen molar-refractivity contribution in [1.29, 1.82) is 0 Å². The summed E-state index contributed by atoms with van der Waals surface area (Å²) in [4.78, 5) is 28.7. The van der Waals surface area contributed by atoms with Gasteiger partial charge in [-0.25, -0.2) is 0 Å². The van der Waals surface area contributed by atoms with Crippen molar-refractivity contribution in [1.82, 2.24) is 10.2 Å². The van der Waals surface area contributed by atoms with Gasteiger partial charge >= 0.3 is 0 Å².